The van der Waals surface area contributed by atoms with Crippen molar-refractivity contribution in [1.82, 2.24) is 9.88 Å². The van der Waals surface area contributed by atoms with Gasteiger partial charge >= 0.3 is 0 Å². The van der Waals surface area contributed by atoms with E-state index in [9.17, 15) is 13.2 Å². The summed E-state index contributed by atoms with van der Waals surface area (Å²) in [4.78, 5) is 17.2. The molecule has 4 rings (SSSR count). The third kappa shape index (κ3) is 10.1. The number of halogens is 2. The van der Waals surface area contributed by atoms with Crippen molar-refractivity contribution in [3.63, 3.8) is 0 Å². The van der Waals surface area contributed by atoms with Gasteiger partial charge in [-0.3, -0.25) is 4.79 Å². The van der Waals surface area contributed by atoms with E-state index in [0.29, 0.717) is 17.4 Å². The van der Waals surface area contributed by atoms with Crippen LogP contribution in [0, 0.1) is 18.3 Å². The van der Waals surface area contributed by atoms with E-state index in [1.165, 1.54) is 18.6 Å². The normalized spacial score (nSPS) is 17.8. The van der Waals surface area contributed by atoms with Crippen LogP contribution >= 0.6 is 23.2 Å². The number of hydrogen-bond acceptors (Lipinski definition) is 4. The molecule has 1 aliphatic heterocycles. The third-order valence-corrected chi connectivity index (χ3v) is 7.35. The molecule has 0 fully saturated rings. The van der Waals surface area contributed by atoms with Gasteiger partial charge in [-0.05, 0) is 49.3 Å². The van der Waals surface area contributed by atoms with Crippen molar-refractivity contribution in [2.24, 2.45) is 5.92 Å². The summed E-state index contributed by atoms with van der Waals surface area (Å²) in [6, 6.07) is 5.51. The molecule has 2 aliphatic rings. The van der Waals surface area contributed by atoms with Gasteiger partial charge in [-0.2, -0.15) is 0 Å². The van der Waals surface area contributed by atoms with Gasteiger partial charge in [-0.1, -0.05) is 61.7 Å². The van der Waals surface area contributed by atoms with E-state index in [1.807, 2.05) is 63.3 Å². The maximum atomic E-state index is 11.9. The van der Waals surface area contributed by atoms with Crippen LogP contribution in [0.1, 0.15) is 38.1 Å². The maximum absolute atomic E-state index is 11.9. The third-order valence-electron chi connectivity index (χ3n) is 5.80. The number of allylic oxidation sites excluding steroid dienone is 6. The Labute approximate surface area is 249 Å². The molecule has 0 spiro atoms. The molecule has 0 saturated carbocycles. The highest BCUT2D eigenvalue weighted by Crippen LogP contribution is 2.40. The minimum Gasteiger partial charge on any atom is -0.504 e. The lowest BCUT2D eigenvalue weighted by Crippen LogP contribution is -2.37. The van der Waals surface area contributed by atoms with Crippen molar-refractivity contribution >= 4 is 50.4 Å². The van der Waals surface area contributed by atoms with Gasteiger partial charge in [-0.25, -0.2) is 8.42 Å². The molecule has 0 bridgehead atoms. The first kappa shape index (κ1) is 34.8. The average molecular weight is 606 g/mol. The largest absolute Gasteiger partial charge is 0.504 e. The lowest BCUT2D eigenvalue weighted by Gasteiger charge is -2.36. The molecule has 1 aromatic heterocycles. The number of H-pyrrole nitrogens is 1. The summed E-state index contributed by atoms with van der Waals surface area (Å²) in [6.45, 7) is 6.55. The number of terminal acetylenes is 1. The summed E-state index contributed by atoms with van der Waals surface area (Å²) in [5.74, 6) is 2.75. The monoisotopic (exact) mass is 604 g/mol. The molecule has 0 saturated heterocycles. The molecule has 40 heavy (non-hydrogen) atoms. The van der Waals surface area contributed by atoms with E-state index in [2.05, 4.69) is 15.6 Å². The topological polar surface area (TPSA) is 79.5 Å². The molecule has 2 heterocycles. The number of nitrogens with one attached hydrogen (secondary N) is 1. The Morgan fingerprint density at radius 3 is 2.52 bits per heavy atom. The van der Waals surface area contributed by atoms with Crippen LogP contribution in [0.25, 0.3) is 10.9 Å². The highest BCUT2D eigenvalue weighted by molar-refractivity contribution is 7.94. The van der Waals surface area contributed by atoms with Crippen LogP contribution in [0.2, 0.25) is 5.02 Å². The fraction of sp³-hybridized carbons (Fsp3) is 0.323. The zero-order valence-corrected chi connectivity index (χ0v) is 25.9. The highest BCUT2D eigenvalue weighted by atomic mass is 35.5. The number of rotatable bonds is 5. The minimum absolute atomic E-state index is 0.145. The Hall–Kier alpha value is -3.18. The van der Waals surface area contributed by atoms with Gasteiger partial charge in [0.2, 0.25) is 6.41 Å². The maximum Gasteiger partial charge on any atom is 0.210 e. The van der Waals surface area contributed by atoms with E-state index in [-0.39, 0.29) is 16.9 Å². The second-order valence-electron chi connectivity index (χ2n) is 8.34. The van der Waals surface area contributed by atoms with Crippen LogP contribution in [0.4, 0.5) is 0 Å². The Morgan fingerprint density at radius 1 is 1.27 bits per heavy atom. The molecule has 1 aliphatic carbocycles. The summed E-state index contributed by atoms with van der Waals surface area (Å²) in [5.41, 5.74) is 3.13. The smallest absolute Gasteiger partial charge is 0.210 e. The van der Waals surface area contributed by atoms with Gasteiger partial charge in [0.1, 0.15) is 0 Å². The van der Waals surface area contributed by atoms with Crippen molar-refractivity contribution in [3.8, 4) is 12.3 Å². The van der Waals surface area contributed by atoms with Crippen molar-refractivity contribution < 1.29 is 17.9 Å². The number of benzene rings is 1. The standard InChI is InChI=1S/C20H19ClN2O3S.C5H6O.C4H7Cl.C2H6/c1-27(25,26)15-4-2-3-13(5-7-15)20-19-16(9-10-23(20)12-24)17-11-14(21)6-8-18(17)22-19;1-3-4-5-6-2;1-2-3-4-5;1-2/h2-8,11-13,20,22H,9-10H2,1H3;1,4-5H,2H3;2-3H,4H2,1H3;1-2H3/b;5-4+;3-2-;. The summed E-state index contributed by atoms with van der Waals surface area (Å²) < 4.78 is 28.2. The van der Waals surface area contributed by atoms with E-state index in [0.717, 1.165) is 35.0 Å². The molecular formula is C31H38Cl2N2O4S. The van der Waals surface area contributed by atoms with Gasteiger partial charge in [0.25, 0.3) is 0 Å². The summed E-state index contributed by atoms with van der Waals surface area (Å²) >= 11 is 11.4. The fourth-order valence-corrected chi connectivity index (χ4v) is 5.10. The number of nitrogens with zero attached hydrogens (tertiary/aromatic N) is 1. The number of ether oxygens (including phenoxy) is 1. The second-order valence-corrected chi connectivity index (χ2v) is 11.1. The summed E-state index contributed by atoms with van der Waals surface area (Å²) in [5, 5.41) is 1.75. The SMILES string of the molecule is C#C/C=C/OC.C/C=C\CCl.CC.CS(=O)(=O)C1=CC=CC(C2c3[nH]c4ccc(Cl)cc4c3CCN2C=O)C=C1. The quantitative estimate of drug-likeness (QED) is 0.129. The predicted molar refractivity (Wildman–Crippen MR) is 169 cm³/mol. The first-order chi connectivity index (χ1) is 19.2. The number of fused-ring (bicyclic) bond motifs is 3. The Bertz CT molecular complexity index is 1400. The highest BCUT2D eigenvalue weighted by Gasteiger charge is 2.34. The molecule has 2 atom stereocenters. The van der Waals surface area contributed by atoms with E-state index in [4.69, 9.17) is 29.6 Å². The van der Waals surface area contributed by atoms with Gasteiger partial charge in [0, 0.05) is 52.3 Å². The zero-order chi connectivity index (χ0) is 30.1. The number of methoxy groups -OCH3 is 1. The Kier molecular flexibility index (Phi) is 15.9. The number of sulfone groups is 1. The summed E-state index contributed by atoms with van der Waals surface area (Å²) in [7, 11) is -1.74. The molecule has 216 valence electrons. The van der Waals surface area contributed by atoms with E-state index < -0.39 is 9.84 Å². The number of carbonyl (C=O) groups is 1. The fourth-order valence-electron chi connectivity index (χ4n) is 4.10. The Morgan fingerprint density at radius 2 is 2.00 bits per heavy atom. The average Bonchev–Trinajstić information content (AvgIpc) is 3.12. The van der Waals surface area contributed by atoms with E-state index >= 15 is 0 Å². The number of aromatic amines is 1. The number of carbonyl (C=O) groups excluding carboxylic acids is 1. The van der Waals surface area contributed by atoms with Crippen LogP contribution in [-0.2, 0) is 25.8 Å². The molecular weight excluding hydrogens is 567 g/mol. The first-order valence-electron chi connectivity index (χ1n) is 12.8. The van der Waals surface area contributed by atoms with Crippen molar-refractivity contribution in [1.29, 1.82) is 0 Å². The number of hydrogen-bond donors (Lipinski definition) is 1. The molecule has 9 heteroatoms. The lowest BCUT2D eigenvalue weighted by atomic mass is 9.88. The van der Waals surface area contributed by atoms with Crippen LogP contribution in [-0.4, -0.2) is 50.5 Å². The van der Waals surface area contributed by atoms with Crippen LogP contribution in [0.3, 0.4) is 0 Å². The summed E-state index contributed by atoms with van der Waals surface area (Å²) in [6.07, 6.45) is 23.1. The molecule has 0 radical (unpaired) electrons. The van der Waals surface area contributed by atoms with Crippen molar-refractivity contribution in [2.45, 2.75) is 33.2 Å². The molecule has 6 nitrogen and oxygen atoms in total. The molecule has 2 aromatic rings. The molecule has 1 N–H and O–H groups in total. The molecule has 1 aromatic carbocycles. The van der Waals surface area contributed by atoms with Crippen LogP contribution < -0.4 is 0 Å². The lowest BCUT2D eigenvalue weighted by molar-refractivity contribution is -0.121. The van der Waals surface area contributed by atoms with Crippen LogP contribution in [0.5, 0.6) is 0 Å². The van der Waals surface area contributed by atoms with Gasteiger partial charge in [0.15, 0.2) is 9.84 Å². The van der Waals surface area contributed by atoms with Crippen molar-refractivity contribution in [3.05, 3.63) is 94.3 Å². The number of aromatic nitrogens is 1. The van der Waals surface area contributed by atoms with Crippen LogP contribution in [0.15, 0.2) is 78.0 Å². The molecule has 1 amide bonds. The van der Waals surface area contributed by atoms with Gasteiger partial charge in [0.05, 0.1) is 24.3 Å². The number of alkyl halides is 1. The zero-order valence-electron chi connectivity index (χ0n) is 23.6. The second kappa shape index (κ2) is 18.2. The number of amides is 1. The minimum atomic E-state index is -3.29. The van der Waals surface area contributed by atoms with Crippen molar-refractivity contribution in [2.75, 3.05) is 25.8 Å². The van der Waals surface area contributed by atoms with E-state index in [1.54, 1.807) is 30.2 Å². The first-order valence-corrected chi connectivity index (χ1v) is 15.6. The predicted octanol–water partition coefficient (Wildman–Crippen LogP) is 7.15. The Balaban J connectivity index is 0.000000519. The van der Waals surface area contributed by atoms with Gasteiger partial charge < -0.3 is 14.6 Å². The molecule has 2 unspecified atom stereocenters. The van der Waals surface area contributed by atoms with Gasteiger partial charge in [-0.15, -0.1) is 18.0 Å².